The van der Waals surface area contributed by atoms with Crippen LogP contribution in [0.1, 0.15) is 20.7 Å². The highest BCUT2D eigenvalue weighted by molar-refractivity contribution is 9.10. The van der Waals surface area contributed by atoms with Crippen molar-refractivity contribution in [1.29, 1.82) is 0 Å². The molecule has 0 saturated carbocycles. The Kier molecular flexibility index (Phi) is 4.59. The first-order valence-corrected chi connectivity index (χ1v) is 6.91. The van der Waals surface area contributed by atoms with Gasteiger partial charge in [0.2, 0.25) is 5.91 Å². The lowest BCUT2D eigenvalue weighted by atomic mass is 10.1. The SMILES string of the molecule is NC(=O)c1cc(NC(=O)c2cc(F)ccc2Br)ccc1Cl. The Balaban J connectivity index is 2.29. The highest BCUT2D eigenvalue weighted by Gasteiger charge is 2.13. The Morgan fingerprint density at radius 2 is 1.86 bits per heavy atom. The Hall–Kier alpha value is -1.92. The number of hydrogen-bond donors (Lipinski definition) is 2. The third kappa shape index (κ3) is 3.59. The van der Waals surface area contributed by atoms with E-state index in [2.05, 4.69) is 21.2 Å². The summed E-state index contributed by atoms with van der Waals surface area (Å²) in [6.45, 7) is 0. The fourth-order valence-electron chi connectivity index (χ4n) is 1.66. The number of nitrogens with one attached hydrogen (secondary N) is 1. The minimum atomic E-state index is -0.706. The van der Waals surface area contributed by atoms with E-state index in [1.165, 1.54) is 30.3 Å². The molecule has 0 aliphatic heterocycles. The zero-order chi connectivity index (χ0) is 15.6. The summed E-state index contributed by atoms with van der Waals surface area (Å²) in [6, 6.07) is 8.08. The second kappa shape index (κ2) is 6.24. The van der Waals surface area contributed by atoms with E-state index in [0.717, 1.165) is 6.07 Å². The zero-order valence-electron chi connectivity index (χ0n) is 10.5. The maximum atomic E-state index is 13.2. The number of rotatable bonds is 3. The molecular weight excluding hydrogens is 363 g/mol. The number of carbonyl (C=O) groups is 2. The van der Waals surface area contributed by atoms with E-state index in [9.17, 15) is 14.0 Å². The van der Waals surface area contributed by atoms with E-state index in [0.29, 0.717) is 10.2 Å². The molecular formula is C14H9BrClFN2O2. The molecule has 2 aromatic carbocycles. The van der Waals surface area contributed by atoms with Crippen molar-refractivity contribution in [1.82, 2.24) is 0 Å². The molecule has 0 aliphatic rings. The van der Waals surface area contributed by atoms with E-state index in [-0.39, 0.29) is 16.1 Å². The van der Waals surface area contributed by atoms with Crippen molar-refractivity contribution in [3.8, 4) is 0 Å². The minimum absolute atomic E-state index is 0.0905. The summed E-state index contributed by atoms with van der Waals surface area (Å²) in [5.41, 5.74) is 5.73. The lowest BCUT2D eigenvalue weighted by molar-refractivity contribution is 0.0996. The summed E-state index contributed by atoms with van der Waals surface area (Å²) < 4.78 is 13.6. The number of anilines is 1. The van der Waals surface area contributed by atoms with Crippen LogP contribution in [0.5, 0.6) is 0 Å². The molecule has 21 heavy (non-hydrogen) atoms. The highest BCUT2D eigenvalue weighted by atomic mass is 79.9. The van der Waals surface area contributed by atoms with E-state index in [1.807, 2.05) is 0 Å². The van der Waals surface area contributed by atoms with E-state index in [1.54, 1.807) is 0 Å². The van der Waals surface area contributed by atoms with Crippen molar-refractivity contribution in [2.24, 2.45) is 5.73 Å². The summed E-state index contributed by atoms with van der Waals surface area (Å²) >= 11 is 8.99. The Morgan fingerprint density at radius 3 is 2.52 bits per heavy atom. The van der Waals surface area contributed by atoms with Crippen molar-refractivity contribution >= 4 is 45.0 Å². The smallest absolute Gasteiger partial charge is 0.256 e. The summed E-state index contributed by atoms with van der Waals surface area (Å²) in [5.74, 6) is -1.76. The first kappa shape index (κ1) is 15.5. The Morgan fingerprint density at radius 1 is 1.14 bits per heavy atom. The summed E-state index contributed by atoms with van der Waals surface area (Å²) in [4.78, 5) is 23.3. The molecule has 108 valence electrons. The average molecular weight is 372 g/mol. The largest absolute Gasteiger partial charge is 0.366 e. The summed E-state index contributed by atoms with van der Waals surface area (Å²) in [6.07, 6.45) is 0. The molecule has 2 amide bonds. The van der Waals surface area contributed by atoms with Crippen molar-refractivity contribution in [3.63, 3.8) is 0 Å². The monoisotopic (exact) mass is 370 g/mol. The van der Waals surface area contributed by atoms with E-state index < -0.39 is 17.6 Å². The number of halogens is 3. The second-order valence-electron chi connectivity index (χ2n) is 4.14. The average Bonchev–Trinajstić information content (AvgIpc) is 2.43. The van der Waals surface area contributed by atoms with Crippen LogP contribution in [-0.2, 0) is 0 Å². The van der Waals surface area contributed by atoms with Crippen LogP contribution >= 0.6 is 27.5 Å². The van der Waals surface area contributed by atoms with Gasteiger partial charge in [-0.1, -0.05) is 11.6 Å². The van der Waals surface area contributed by atoms with Gasteiger partial charge in [0.25, 0.3) is 5.91 Å². The normalized spacial score (nSPS) is 10.2. The van der Waals surface area contributed by atoms with Gasteiger partial charge in [-0.05, 0) is 52.3 Å². The van der Waals surface area contributed by atoms with Gasteiger partial charge in [0.15, 0.2) is 0 Å². The minimum Gasteiger partial charge on any atom is -0.366 e. The van der Waals surface area contributed by atoms with Gasteiger partial charge in [-0.25, -0.2) is 4.39 Å². The molecule has 0 heterocycles. The molecule has 0 atom stereocenters. The van der Waals surface area contributed by atoms with Crippen LogP contribution < -0.4 is 11.1 Å². The van der Waals surface area contributed by atoms with Crippen molar-refractivity contribution in [2.75, 3.05) is 5.32 Å². The second-order valence-corrected chi connectivity index (χ2v) is 5.40. The van der Waals surface area contributed by atoms with Crippen LogP contribution in [0.25, 0.3) is 0 Å². The molecule has 0 saturated heterocycles. The van der Waals surface area contributed by atoms with Gasteiger partial charge in [0, 0.05) is 10.2 Å². The van der Waals surface area contributed by atoms with Gasteiger partial charge < -0.3 is 11.1 Å². The Bertz CT molecular complexity index is 737. The zero-order valence-corrected chi connectivity index (χ0v) is 12.8. The molecule has 0 spiro atoms. The van der Waals surface area contributed by atoms with Crippen LogP contribution in [0.3, 0.4) is 0 Å². The Labute approximate surface area is 133 Å². The third-order valence-corrected chi connectivity index (χ3v) is 3.68. The number of carbonyl (C=O) groups excluding carboxylic acids is 2. The van der Waals surface area contributed by atoms with Gasteiger partial charge in [-0.3, -0.25) is 9.59 Å². The number of primary amides is 1. The predicted molar refractivity (Wildman–Crippen MR) is 82.0 cm³/mol. The molecule has 0 radical (unpaired) electrons. The number of hydrogen-bond acceptors (Lipinski definition) is 2. The van der Waals surface area contributed by atoms with Crippen molar-refractivity contribution in [2.45, 2.75) is 0 Å². The molecule has 0 aromatic heterocycles. The summed E-state index contributed by atoms with van der Waals surface area (Å²) in [5, 5.41) is 2.73. The third-order valence-electron chi connectivity index (χ3n) is 2.66. The molecule has 7 heteroatoms. The molecule has 4 nitrogen and oxygen atoms in total. The molecule has 2 rings (SSSR count). The van der Waals surface area contributed by atoms with Crippen LogP contribution in [0.4, 0.5) is 10.1 Å². The maximum absolute atomic E-state index is 13.2. The molecule has 0 unspecified atom stereocenters. The van der Waals surface area contributed by atoms with Crippen LogP contribution in [0.15, 0.2) is 40.9 Å². The van der Waals surface area contributed by atoms with Crippen molar-refractivity contribution < 1.29 is 14.0 Å². The fraction of sp³-hybridized carbons (Fsp3) is 0. The summed E-state index contributed by atoms with van der Waals surface area (Å²) in [7, 11) is 0. The van der Waals surface area contributed by atoms with Crippen molar-refractivity contribution in [3.05, 3.63) is 62.8 Å². The molecule has 3 N–H and O–H groups in total. The molecule has 0 aliphatic carbocycles. The quantitative estimate of drug-likeness (QED) is 0.865. The molecule has 2 aromatic rings. The number of amides is 2. The van der Waals surface area contributed by atoms with Gasteiger partial charge in [0.1, 0.15) is 5.82 Å². The maximum Gasteiger partial charge on any atom is 0.256 e. The van der Waals surface area contributed by atoms with Gasteiger partial charge in [-0.2, -0.15) is 0 Å². The first-order chi connectivity index (χ1) is 9.88. The number of benzene rings is 2. The molecule has 0 bridgehead atoms. The highest BCUT2D eigenvalue weighted by Crippen LogP contribution is 2.22. The lowest BCUT2D eigenvalue weighted by Crippen LogP contribution is -2.15. The topological polar surface area (TPSA) is 72.2 Å². The molecule has 0 fully saturated rings. The number of nitrogens with two attached hydrogens (primary N) is 1. The van der Waals surface area contributed by atoms with Gasteiger partial charge in [-0.15, -0.1) is 0 Å². The van der Waals surface area contributed by atoms with E-state index in [4.69, 9.17) is 17.3 Å². The van der Waals surface area contributed by atoms with Crippen LogP contribution in [0.2, 0.25) is 5.02 Å². The first-order valence-electron chi connectivity index (χ1n) is 5.74. The fourth-order valence-corrected chi connectivity index (χ4v) is 2.30. The van der Waals surface area contributed by atoms with Gasteiger partial charge in [0.05, 0.1) is 16.1 Å². The lowest BCUT2D eigenvalue weighted by Gasteiger charge is -2.09. The van der Waals surface area contributed by atoms with Crippen LogP contribution in [-0.4, -0.2) is 11.8 Å². The van der Waals surface area contributed by atoms with Gasteiger partial charge >= 0.3 is 0 Å². The van der Waals surface area contributed by atoms with Crippen LogP contribution in [0, 0.1) is 5.82 Å². The predicted octanol–water partition coefficient (Wildman–Crippen LogP) is 3.59. The van der Waals surface area contributed by atoms with E-state index >= 15 is 0 Å². The standard InChI is InChI=1S/C14H9BrClFN2O2/c15-11-3-1-7(17)5-9(11)14(21)19-8-2-4-12(16)10(6-8)13(18)20/h1-6H,(H2,18,20)(H,19,21).